The summed E-state index contributed by atoms with van der Waals surface area (Å²) in [7, 11) is -0.871. The fourth-order valence-corrected chi connectivity index (χ4v) is 5.17. The Hall–Kier alpha value is -2.41. The topological polar surface area (TPSA) is 55.8 Å². The van der Waals surface area contributed by atoms with E-state index >= 15 is 0 Å². The van der Waals surface area contributed by atoms with E-state index in [4.69, 9.17) is 32.7 Å². The van der Waals surface area contributed by atoms with Crippen molar-refractivity contribution in [3.63, 3.8) is 0 Å². The molecule has 3 aromatic rings. The quantitative estimate of drug-likeness (QED) is 0.447. The number of hydrogen-bond acceptors (Lipinski definition) is 4. The second-order valence-electron chi connectivity index (χ2n) is 6.58. The number of benzene rings is 3. The van der Waals surface area contributed by atoms with Crippen molar-refractivity contribution < 1.29 is 17.9 Å². The number of sulfonamides is 1. The van der Waals surface area contributed by atoms with E-state index in [0.717, 1.165) is 0 Å². The molecule has 30 heavy (non-hydrogen) atoms. The molecule has 0 aromatic heterocycles. The highest BCUT2D eigenvalue weighted by molar-refractivity contribution is 7.92. The van der Waals surface area contributed by atoms with Crippen LogP contribution in [0.2, 0.25) is 10.0 Å². The number of ether oxygens (including phenoxy) is 2. The van der Waals surface area contributed by atoms with Gasteiger partial charge in [0.15, 0.2) is 0 Å². The zero-order valence-electron chi connectivity index (χ0n) is 16.7. The lowest BCUT2D eigenvalue weighted by Crippen LogP contribution is -2.31. The highest BCUT2D eigenvalue weighted by atomic mass is 35.5. The standard InChI is InChI=1S/C22H21Cl2NO4S/c1-15-21(24)8-5-9-22(15)30(26,27)25(18-7-4-6-17(23)12-18)14-16-10-19(28-2)13-20(11-16)29-3/h4-13H,14H2,1-3H3. The van der Waals surface area contributed by atoms with Gasteiger partial charge in [-0.2, -0.15) is 0 Å². The summed E-state index contributed by atoms with van der Waals surface area (Å²) in [6.45, 7) is 1.72. The Morgan fingerprint density at radius 2 is 1.53 bits per heavy atom. The third-order valence-electron chi connectivity index (χ3n) is 4.62. The molecule has 0 heterocycles. The Kier molecular flexibility index (Phi) is 6.81. The summed E-state index contributed by atoms with van der Waals surface area (Å²) < 4.78 is 39.3. The van der Waals surface area contributed by atoms with Gasteiger partial charge in [0.05, 0.1) is 31.3 Å². The normalized spacial score (nSPS) is 11.2. The van der Waals surface area contributed by atoms with Crippen LogP contribution in [0.4, 0.5) is 5.69 Å². The first-order chi connectivity index (χ1) is 14.3. The van der Waals surface area contributed by atoms with Crippen LogP contribution in [0.3, 0.4) is 0 Å². The zero-order valence-corrected chi connectivity index (χ0v) is 19.1. The smallest absolute Gasteiger partial charge is 0.264 e. The number of anilines is 1. The average molecular weight is 466 g/mol. The van der Waals surface area contributed by atoms with Gasteiger partial charge in [-0.25, -0.2) is 8.42 Å². The summed E-state index contributed by atoms with van der Waals surface area (Å²) in [5, 5.41) is 0.809. The van der Waals surface area contributed by atoms with Crippen LogP contribution in [0.15, 0.2) is 65.6 Å². The molecular weight excluding hydrogens is 445 g/mol. The van der Waals surface area contributed by atoms with Crippen molar-refractivity contribution in [2.24, 2.45) is 0 Å². The van der Waals surface area contributed by atoms with Crippen LogP contribution in [0.1, 0.15) is 11.1 Å². The van der Waals surface area contributed by atoms with Crippen LogP contribution in [0, 0.1) is 6.92 Å². The average Bonchev–Trinajstić information content (AvgIpc) is 2.73. The molecule has 0 amide bonds. The van der Waals surface area contributed by atoms with E-state index in [2.05, 4.69) is 0 Å². The number of methoxy groups -OCH3 is 2. The first kappa shape index (κ1) is 22.3. The molecule has 0 saturated heterocycles. The molecule has 0 spiro atoms. The zero-order chi connectivity index (χ0) is 21.9. The molecule has 3 rings (SSSR count). The summed E-state index contributed by atoms with van der Waals surface area (Å²) in [4.78, 5) is 0.129. The molecule has 0 atom stereocenters. The fraction of sp³-hybridized carbons (Fsp3) is 0.182. The molecule has 158 valence electrons. The number of hydrogen-bond donors (Lipinski definition) is 0. The Morgan fingerprint density at radius 1 is 0.900 bits per heavy atom. The molecule has 0 saturated carbocycles. The van der Waals surface area contributed by atoms with Gasteiger partial charge in [0.25, 0.3) is 10.0 Å². The van der Waals surface area contributed by atoms with Gasteiger partial charge in [-0.1, -0.05) is 35.3 Å². The van der Waals surface area contributed by atoms with Gasteiger partial charge in [0, 0.05) is 16.1 Å². The van der Waals surface area contributed by atoms with Crippen molar-refractivity contribution in [1.82, 2.24) is 0 Å². The number of nitrogens with zero attached hydrogens (tertiary/aromatic N) is 1. The molecular formula is C22H21Cl2NO4S. The van der Waals surface area contributed by atoms with E-state index < -0.39 is 10.0 Å². The lowest BCUT2D eigenvalue weighted by atomic mass is 10.2. The maximum absolute atomic E-state index is 13.7. The summed E-state index contributed by atoms with van der Waals surface area (Å²) in [6.07, 6.45) is 0. The van der Waals surface area contributed by atoms with Gasteiger partial charge in [-0.15, -0.1) is 0 Å². The van der Waals surface area contributed by atoms with Gasteiger partial charge >= 0.3 is 0 Å². The lowest BCUT2D eigenvalue weighted by molar-refractivity contribution is 0.393. The Bertz CT molecular complexity index is 1140. The van der Waals surface area contributed by atoms with Crippen LogP contribution in [0.5, 0.6) is 11.5 Å². The predicted molar refractivity (Wildman–Crippen MR) is 121 cm³/mol. The molecule has 0 aliphatic heterocycles. The van der Waals surface area contributed by atoms with Crippen molar-refractivity contribution >= 4 is 38.9 Å². The third kappa shape index (κ3) is 4.67. The van der Waals surface area contributed by atoms with Gasteiger partial charge in [-0.3, -0.25) is 4.31 Å². The Morgan fingerprint density at radius 3 is 2.13 bits per heavy atom. The van der Waals surface area contributed by atoms with Crippen LogP contribution in [-0.2, 0) is 16.6 Å². The molecule has 8 heteroatoms. The van der Waals surface area contributed by atoms with Crippen LogP contribution >= 0.6 is 23.2 Å². The number of rotatable bonds is 7. The highest BCUT2D eigenvalue weighted by Gasteiger charge is 2.28. The van der Waals surface area contributed by atoms with E-state index in [0.29, 0.717) is 38.4 Å². The van der Waals surface area contributed by atoms with Crippen molar-refractivity contribution in [3.8, 4) is 11.5 Å². The summed E-state index contributed by atoms with van der Waals surface area (Å²) in [5.74, 6) is 1.12. The molecule has 0 unspecified atom stereocenters. The highest BCUT2D eigenvalue weighted by Crippen LogP contribution is 2.33. The van der Waals surface area contributed by atoms with E-state index in [-0.39, 0.29) is 11.4 Å². The molecule has 5 nitrogen and oxygen atoms in total. The SMILES string of the molecule is COc1cc(CN(c2cccc(Cl)c2)S(=O)(=O)c2cccc(Cl)c2C)cc(OC)c1. The largest absolute Gasteiger partial charge is 0.497 e. The van der Waals surface area contributed by atoms with E-state index in [1.54, 1.807) is 81.8 Å². The second-order valence-corrected chi connectivity index (χ2v) is 9.25. The van der Waals surface area contributed by atoms with Gasteiger partial charge in [0.1, 0.15) is 11.5 Å². The van der Waals surface area contributed by atoms with Gasteiger partial charge in [-0.05, 0) is 60.5 Å². The molecule has 0 aliphatic rings. The lowest BCUT2D eigenvalue weighted by Gasteiger charge is -2.26. The Balaban J connectivity index is 2.16. The van der Waals surface area contributed by atoms with Crippen molar-refractivity contribution in [3.05, 3.63) is 81.8 Å². The minimum absolute atomic E-state index is 0.0438. The van der Waals surface area contributed by atoms with E-state index in [1.165, 1.54) is 4.31 Å². The monoisotopic (exact) mass is 465 g/mol. The first-order valence-corrected chi connectivity index (χ1v) is 11.2. The fourth-order valence-electron chi connectivity index (χ4n) is 3.06. The van der Waals surface area contributed by atoms with E-state index in [1.807, 2.05) is 0 Å². The number of halogens is 2. The molecule has 0 fully saturated rings. The third-order valence-corrected chi connectivity index (χ3v) is 7.18. The maximum atomic E-state index is 13.7. The molecule has 0 radical (unpaired) electrons. The van der Waals surface area contributed by atoms with Crippen LogP contribution in [-0.4, -0.2) is 22.6 Å². The van der Waals surface area contributed by atoms with Crippen molar-refractivity contribution in [1.29, 1.82) is 0 Å². The minimum atomic E-state index is -3.95. The molecule has 0 bridgehead atoms. The van der Waals surface area contributed by atoms with Gasteiger partial charge in [0.2, 0.25) is 0 Å². The summed E-state index contributed by atoms with van der Waals surface area (Å²) >= 11 is 12.4. The minimum Gasteiger partial charge on any atom is -0.497 e. The predicted octanol–water partition coefficient (Wildman–Crippen LogP) is 5.71. The second kappa shape index (κ2) is 9.16. The molecule has 0 N–H and O–H groups in total. The van der Waals surface area contributed by atoms with Crippen LogP contribution < -0.4 is 13.8 Å². The van der Waals surface area contributed by atoms with E-state index in [9.17, 15) is 8.42 Å². The maximum Gasteiger partial charge on any atom is 0.264 e. The molecule has 0 aliphatic carbocycles. The summed E-state index contributed by atoms with van der Waals surface area (Å²) in [6, 6.07) is 16.8. The molecule has 3 aromatic carbocycles. The van der Waals surface area contributed by atoms with Crippen molar-refractivity contribution in [2.45, 2.75) is 18.4 Å². The van der Waals surface area contributed by atoms with Gasteiger partial charge < -0.3 is 9.47 Å². The summed E-state index contributed by atoms with van der Waals surface area (Å²) in [5.41, 5.74) is 1.60. The van der Waals surface area contributed by atoms with Crippen LogP contribution in [0.25, 0.3) is 0 Å². The Labute approximate surface area is 186 Å². The van der Waals surface area contributed by atoms with Crippen molar-refractivity contribution in [2.75, 3.05) is 18.5 Å². The first-order valence-electron chi connectivity index (χ1n) is 9.01.